The third-order valence-electron chi connectivity index (χ3n) is 3.60. The van der Waals surface area contributed by atoms with Crippen LogP contribution < -0.4 is 0 Å². The van der Waals surface area contributed by atoms with Gasteiger partial charge in [0.25, 0.3) is 0 Å². The second kappa shape index (κ2) is 6.82. The van der Waals surface area contributed by atoms with Crippen LogP contribution in [0.25, 0.3) is 0 Å². The third kappa shape index (κ3) is 3.88. The molecule has 0 bridgehead atoms. The number of carbonyl (C=O) groups excluding carboxylic acids is 1. The SMILES string of the molecule is CCCN1CCOC(C(=O)CCc2ccnn2C)C1. The molecule has 2 rings (SSSR count). The van der Waals surface area contributed by atoms with Crippen molar-refractivity contribution in [3.05, 3.63) is 18.0 Å². The van der Waals surface area contributed by atoms with Crippen LogP contribution in [0.3, 0.4) is 0 Å². The Kier molecular flexibility index (Phi) is 5.10. The standard InChI is InChI=1S/C14H23N3O2/c1-3-8-17-9-10-19-14(11-17)13(18)5-4-12-6-7-15-16(12)2/h6-7,14H,3-5,8-11H2,1-2H3. The second-order valence-corrected chi connectivity index (χ2v) is 5.07. The predicted molar refractivity (Wildman–Crippen MR) is 73.0 cm³/mol. The minimum absolute atomic E-state index is 0.210. The van der Waals surface area contributed by atoms with Gasteiger partial charge < -0.3 is 4.74 Å². The Morgan fingerprint density at radius 3 is 3.11 bits per heavy atom. The molecular weight excluding hydrogens is 242 g/mol. The van der Waals surface area contributed by atoms with Crippen molar-refractivity contribution < 1.29 is 9.53 Å². The van der Waals surface area contributed by atoms with Crippen molar-refractivity contribution in [1.29, 1.82) is 0 Å². The summed E-state index contributed by atoms with van der Waals surface area (Å²) in [5.74, 6) is 0.210. The van der Waals surface area contributed by atoms with Crippen molar-refractivity contribution in [1.82, 2.24) is 14.7 Å². The number of Topliss-reactive ketones (excluding diaryl/α,β-unsaturated/α-hetero) is 1. The summed E-state index contributed by atoms with van der Waals surface area (Å²) in [6.07, 6.45) is 3.91. The highest BCUT2D eigenvalue weighted by Crippen LogP contribution is 2.10. The van der Waals surface area contributed by atoms with Crippen LogP contribution in [-0.4, -0.2) is 52.8 Å². The Morgan fingerprint density at radius 2 is 2.42 bits per heavy atom. The summed E-state index contributed by atoms with van der Waals surface area (Å²) in [6.45, 7) is 5.57. The fourth-order valence-corrected chi connectivity index (χ4v) is 2.48. The Morgan fingerprint density at radius 1 is 1.58 bits per heavy atom. The predicted octanol–water partition coefficient (Wildman–Crippen LogP) is 1.03. The van der Waals surface area contributed by atoms with Crippen LogP contribution in [0, 0.1) is 0 Å². The number of morpholine rings is 1. The van der Waals surface area contributed by atoms with E-state index in [-0.39, 0.29) is 11.9 Å². The number of hydrogen-bond acceptors (Lipinski definition) is 4. The van der Waals surface area contributed by atoms with E-state index >= 15 is 0 Å². The first-order valence-corrected chi connectivity index (χ1v) is 7.04. The van der Waals surface area contributed by atoms with Gasteiger partial charge in [-0.15, -0.1) is 0 Å². The topological polar surface area (TPSA) is 47.4 Å². The lowest BCUT2D eigenvalue weighted by molar-refractivity contribution is -0.136. The normalized spacial score (nSPS) is 20.6. The molecule has 0 N–H and O–H groups in total. The third-order valence-corrected chi connectivity index (χ3v) is 3.60. The van der Waals surface area contributed by atoms with Gasteiger partial charge in [-0.2, -0.15) is 5.10 Å². The van der Waals surface area contributed by atoms with Gasteiger partial charge in [-0.1, -0.05) is 6.92 Å². The van der Waals surface area contributed by atoms with Crippen LogP contribution in [0.5, 0.6) is 0 Å². The molecule has 1 unspecified atom stereocenters. The van der Waals surface area contributed by atoms with E-state index in [1.165, 1.54) is 0 Å². The van der Waals surface area contributed by atoms with Gasteiger partial charge in [0.05, 0.1) is 6.61 Å². The molecule has 5 heteroatoms. The van der Waals surface area contributed by atoms with Crippen LogP contribution in [-0.2, 0) is 23.0 Å². The second-order valence-electron chi connectivity index (χ2n) is 5.07. The maximum absolute atomic E-state index is 12.2. The zero-order chi connectivity index (χ0) is 13.7. The van der Waals surface area contributed by atoms with Gasteiger partial charge in [-0.25, -0.2) is 0 Å². The summed E-state index contributed by atoms with van der Waals surface area (Å²) < 4.78 is 7.42. The quantitative estimate of drug-likeness (QED) is 0.771. The Hall–Kier alpha value is -1.20. The van der Waals surface area contributed by atoms with E-state index in [9.17, 15) is 4.79 Å². The molecule has 0 amide bonds. The summed E-state index contributed by atoms with van der Waals surface area (Å²) >= 11 is 0. The highest BCUT2D eigenvalue weighted by atomic mass is 16.5. The maximum Gasteiger partial charge on any atom is 0.163 e. The van der Waals surface area contributed by atoms with Crippen LogP contribution in [0.2, 0.25) is 0 Å². The molecular formula is C14H23N3O2. The zero-order valence-corrected chi connectivity index (χ0v) is 11.8. The van der Waals surface area contributed by atoms with E-state index in [0.717, 1.165) is 38.2 Å². The zero-order valence-electron chi connectivity index (χ0n) is 11.8. The lowest BCUT2D eigenvalue weighted by atomic mass is 10.1. The summed E-state index contributed by atoms with van der Waals surface area (Å²) in [7, 11) is 1.90. The highest BCUT2D eigenvalue weighted by Gasteiger charge is 2.25. The molecule has 1 atom stereocenters. The molecule has 0 aromatic carbocycles. The number of aromatic nitrogens is 2. The molecule has 0 aliphatic carbocycles. The molecule has 2 heterocycles. The van der Waals surface area contributed by atoms with Crippen LogP contribution in [0.15, 0.2) is 12.3 Å². The molecule has 0 spiro atoms. The summed E-state index contributed by atoms with van der Waals surface area (Å²) in [5.41, 5.74) is 1.09. The maximum atomic E-state index is 12.2. The van der Waals surface area contributed by atoms with Crippen molar-refractivity contribution in [3.63, 3.8) is 0 Å². The minimum Gasteiger partial charge on any atom is -0.368 e. The van der Waals surface area contributed by atoms with Gasteiger partial charge in [-0.3, -0.25) is 14.4 Å². The minimum atomic E-state index is -0.242. The first kappa shape index (κ1) is 14.2. The molecule has 1 aromatic heterocycles. The number of ketones is 1. The van der Waals surface area contributed by atoms with E-state index in [2.05, 4.69) is 16.9 Å². The number of hydrogen-bond donors (Lipinski definition) is 0. The van der Waals surface area contributed by atoms with Crippen molar-refractivity contribution in [3.8, 4) is 0 Å². The lowest BCUT2D eigenvalue weighted by Gasteiger charge is -2.31. The largest absolute Gasteiger partial charge is 0.368 e. The van der Waals surface area contributed by atoms with Crippen molar-refractivity contribution in [2.45, 2.75) is 32.3 Å². The van der Waals surface area contributed by atoms with Gasteiger partial charge in [0.15, 0.2) is 5.78 Å². The van der Waals surface area contributed by atoms with Gasteiger partial charge in [0.2, 0.25) is 0 Å². The smallest absolute Gasteiger partial charge is 0.163 e. The number of carbonyl (C=O) groups is 1. The average molecular weight is 265 g/mol. The van der Waals surface area contributed by atoms with E-state index in [1.807, 2.05) is 17.8 Å². The summed E-state index contributed by atoms with van der Waals surface area (Å²) in [4.78, 5) is 14.5. The van der Waals surface area contributed by atoms with E-state index in [0.29, 0.717) is 13.0 Å². The number of ether oxygens (including phenoxy) is 1. The van der Waals surface area contributed by atoms with Crippen LogP contribution in [0.4, 0.5) is 0 Å². The first-order valence-electron chi connectivity index (χ1n) is 7.04. The molecule has 0 saturated carbocycles. The molecule has 1 aliphatic rings. The summed E-state index contributed by atoms with van der Waals surface area (Å²) in [6, 6.07) is 1.96. The van der Waals surface area contributed by atoms with E-state index < -0.39 is 0 Å². The van der Waals surface area contributed by atoms with Gasteiger partial charge in [0, 0.05) is 38.4 Å². The molecule has 1 saturated heterocycles. The van der Waals surface area contributed by atoms with Gasteiger partial charge in [-0.05, 0) is 25.5 Å². The Bertz CT molecular complexity index is 415. The highest BCUT2D eigenvalue weighted by molar-refractivity contribution is 5.83. The molecule has 1 fully saturated rings. The van der Waals surface area contributed by atoms with E-state index in [1.54, 1.807) is 6.20 Å². The molecule has 0 radical (unpaired) electrons. The molecule has 19 heavy (non-hydrogen) atoms. The van der Waals surface area contributed by atoms with Gasteiger partial charge in [0.1, 0.15) is 6.10 Å². The molecule has 106 valence electrons. The number of rotatable bonds is 6. The molecule has 1 aromatic rings. The Balaban J connectivity index is 1.81. The van der Waals surface area contributed by atoms with Crippen molar-refractivity contribution in [2.75, 3.05) is 26.2 Å². The fourth-order valence-electron chi connectivity index (χ4n) is 2.48. The van der Waals surface area contributed by atoms with Gasteiger partial charge >= 0.3 is 0 Å². The van der Waals surface area contributed by atoms with Crippen LogP contribution >= 0.6 is 0 Å². The first-order chi connectivity index (χ1) is 9.20. The Labute approximate surface area is 114 Å². The van der Waals surface area contributed by atoms with Crippen molar-refractivity contribution >= 4 is 5.78 Å². The monoisotopic (exact) mass is 265 g/mol. The van der Waals surface area contributed by atoms with Crippen LogP contribution in [0.1, 0.15) is 25.5 Å². The van der Waals surface area contributed by atoms with E-state index in [4.69, 9.17) is 4.74 Å². The van der Waals surface area contributed by atoms with Crippen molar-refractivity contribution in [2.24, 2.45) is 7.05 Å². The summed E-state index contributed by atoms with van der Waals surface area (Å²) in [5, 5.41) is 4.11. The lowest BCUT2D eigenvalue weighted by Crippen LogP contribution is -2.46. The molecule has 1 aliphatic heterocycles. The molecule has 5 nitrogen and oxygen atoms in total. The number of aryl methyl sites for hydroxylation is 2. The average Bonchev–Trinajstić information content (AvgIpc) is 2.82. The fraction of sp³-hybridized carbons (Fsp3) is 0.714. The number of nitrogens with zero attached hydrogens (tertiary/aromatic N) is 3.